The van der Waals surface area contributed by atoms with Crippen LogP contribution in [0.1, 0.15) is 43.9 Å². The van der Waals surface area contributed by atoms with Crippen molar-refractivity contribution in [3.8, 4) is 0 Å². The average molecular weight is 362 g/mol. The van der Waals surface area contributed by atoms with E-state index in [0.717, 1.165) is 23.0 Å². The fraction of sp³-hybridized carbons (Fsp3) is 0.571. The second kappa shape index (κ2) is 9.13. The topological polar surface area (TPSA) is 66.4 Å². The first kappa shape index (κ1) is 17.2. The van der Waals surface area contributed by atoms with Gasteiger partial charge in [0.05, 0.1) is 10.2 Å². The number of aryl methyl sites for hydroxylation is 1. The van der Waals surface area contributed by atoms with Gasteiger partial charge in [-0.05, 0) is 47.3 Å². The smallest absolute Gasteiger partial charge is 0.305 e. The van der Waals surface area contributed by atoms with E-state index >= 15 is 0 Å². The van der Waals surface area contributed by atoms with E-state index < -0.39 is 5.97 Å². The molecule has 0 aliphatic carbocycles. The highest BCUT2D eigenvalue weighted by Gasteiger charge is 2.14. The molecule has 0 spiro atoms. The van der Waals surface area contributed by atoms with Crippen molar-refractivity contribution in [2.45, 2.75) is 51.5 Å². The summed E-state index contributed by atoms with van der Waals surface area (Å²) in [5.74, 6) is -0.924. The lowest BCUT2D eigenvalue weighted by molar-refractivity contribution is -0.137. The van der Waals surface area contributed by atoms with Crippen LogP contribution in [0.15, 0.2) is 15.9 Å². The van der Waals surface area contributed by atoms with Crippen LogP contribution >= 0.6 is 27.3 Å². The molecule has 0 fully saturated rings. The van der Waals surface area contributed by atoms with Gasteiger partial charge < -0.3 is 10.4 Å². The summed E-state index contributed by atoms with van der Waals surface area (Å²) in [5, 5.41) is 11.6. The molecule has 0 aromatic carbocycles. The van der Waals surface area contributed by atoms with Crippen LogP contribution < -0.4 is 5.32 Å². The van der Waals surface area contributed by atoms with Crippen molar-refractivity contribution < 1.29 is 14.7 Å². The van der Waals surface area contributed by atoms with Crippen LogP contribution in [0.4, 0.5) is 0 Å². The van der Waals surface area contributed by atoms with Gasteiger partial charge in [0, 0.05) is 17.3 Å². The number of carboxylic acids is 1. The number of halogens is 1. The quantitative estimate of drug-likeness (QED) is 0.706. The van der Waals surface area contributed by atoms with Crippen LogP contribution in [-0.4, -0.2) is 23.0 Å². The summed E-state index contributed by atoms with van der Waals surface area (Å²) < 4.78 is 1.10. The van der Waals surface area contributed by atoms with Crippen molar-refractivity contribution in [2.75, 3.05) is 0 Å². The number of hydrogen-bond acceptors (Lipinski definition) is 3. The average Bonchev–Trinajstić information content (AvgIpc) is 2.74. The molecule has 1 rings (SSSR count). The lowest BCUT2D eigenvalue weighted by Crippen LogP contribution is -2.36. The highest BCUT2D eigenvalue weighted by atomic mass is 79.9. The maximum atomic E-state index is 11.8. The van der Waals surface area contributed by atoms with Gasteiger partial charge in [-0.2, -0.15) is 0 Å². The molecule has 1 heterocycles. The molecular formula is C14H20BrNO3S. The van der Waals surface area contributed by atoms with Gasteiger partial charge in [-0.1, -0.05) is 13.3 Å². The second-order valence-electron chi connectivity index (χ2n) is 4.71. The highest BCUT2D eigenvalue weighted by molar-refractivity contribution is 9.11. The first-order chi connectivity index (χ1) is 9.51. The lowest BCUT2D eigenvalue weighted by Gasteiger charge is -2.15. The Labute approximate surface area is 131 Å². The number of hydrogen-bond donors (Lipinski definition) is 2. The number of amides is 1. The van der Waals surface area contributed by atoms with E-state index in [-0.39, 0.29) is 18.4 Å². The number of carbonyl (C=O) groups excluding carboxylic acids is 1. The zero-order valence-electron chi connectivity index (χ0n) is 11.5. The monoisotopic (exact) mass is 361 g/mol. The predicted molar refractivity (Wildman–Crippen MR) is 84.0 cm³/mol. The molecule has 1 unspecified atom stereocenters. The number of carboxylic acid groups (broad SMARTS) is 1. The Morgan fingerprint density at radius 2 is 2.20 bits per heavy atom. The molecule has 0 bridgehead atoms. The fourth-order valence-electron chi connectivity index (χ4n) is 1.99. The molecule has 1 aromatic rings. The maximum absolute atomic E-state index is 11.8. The molecular weight excluding hydrogens is 342 g/mol. The molecule has 6 heteroatoms. The minimum Gasteiger partial charge on any atom is -0.481 e. The predicted octanol–water partition coefficient (Wildman–Crippen LogP) is 3.59. The van der Waals surface area contributed by atoms with Crippen molar-refractivity contribution in [3.63, 3.8) is 0 Å². The third-order valence-corrected chi connectivity index (χ3v) is 4.56. The Morgan fingerprint density at radius 1 is 1.45 bits per heavy atom. The van der Waals surface area contributed by atoms with E-state index in [4.69, 9.17) is 5.11 Å². The molecule has 0 aliphatic rings. The Bertz CT molecular complexity index is 447. The molecule has 20 heavy (non-hydrogen) atoms. The van der Waals surface area contributed by atoms with E-state index in [1.165, 1.54) is 4.88 Å². The minimum absolute atomic E-state index is 0.00253. The standard InChI is InChI=1S/C14H20BrNO3S/c1-2-4-10(9-14(18)19)16-13(17)6-3-5-11-7-8-12(15)20-11/h7-8,10H,2-6,9H2,1H3,(H,16,17)(H,18,19). The molecule has 0 saturated heterocycles. The largest absolute Gasteiger partial charge is 0.481 e. The Balaban J connectivity index is 2.28. The zero-order valence-corrected chi connectivity index (χ0v) is 13.9. The third-order valence-electron chi connectivity index (χ3n) is 2.88. The van der Waals surface area contributed by atoms with Gasteiger partial charge in [-0.25, -0.2) is 0 Å². The van der Waals surface area contributed by atoms with E-state index in [1.807, 2.05) is 13.0 Å². The van der Waals surface area contributed by atoms with Gasteiger partial charge in [0.15, 0.2) is 0 Å². The molecule has 4 nitrogen and oxygen atoms in total. The van der Waals surface area contributed by atoms with Crippen LogP contribution in [0.2, 0.25) is 0 Å². The molecule has 1 atom stereocenters. The highest BCUT2D eigenvalue weighted by Crippen LogP contribution is 2.23. The molecule has 1 aromatic heterocycles. The zero-order chi connectivity index (χ0) is 15.0. The van der Waals surface area contributed by atoms with E-state index in [0.29, 0.717) is 12.8 Å². The second-order valence-corrected chi connectivity index (χ2v) is 7.26. The Kier molecular flexibility index (Phi) is 7.84. The summed E-state index contributed by atoms with van der Waals surface area (Å²) >= 11 is 5.09. The normalized spacial score (nSPS) is 12.1. The van der Waals surface area contributed by atoms with Gasteiger partial charge in [-0.15, -0.1) is 11.3 Å². The molecule has 112 valence electrons. The number of nitrogens with one attached hydrogen (secondary N) is 1. The lowest BCUT2D eigenvalue weighted by atomic mass is 10.1. The van der Waals surface area contributed by atoms with Crippen molar-refractivity contribution >= 4 is 39.1 Å². The van der Waals surface area contributed by atoms with Crippen LogP contribution in [0, 0.1) is 0 Å². The van der Waals surface area contributed by atoms with E-state index in [9.17, 15) is 9.59 Å². The van der Waals surface area contributed by atoms with Gasteiger partial charge in [-0.3, -0.25) is 9.59 Å². The summed E-state index contributed by atoms with van der Waals surface area (Å²) in [7, 11) is 0. The molecule has 1 amide bonds. The van der Waals surface area contributed by atoms with Gasteiger partial charge in [0.25, 0.3) is 0 Å². The van der Waals surface area contributed by atoms with Crippen molar-refractivity contribution in [1.82, 2.24) is 5.32 Å². The SMILES string of the molecule is CCCC(CC(=O)O)NC(=O)CCCc1ccc(Br)s1. The number of rotatable bonds is 9. The fourth-order valence-corrected chi connectivity index (χ4v) is 3.52. The molecule has 2 N–H and O–H groups in total. The molecule has 0 radical (unpaired) electrons. The summed E-state index contributed by atoms with van der Waals surface area (Å²) in [5.41, 5.74) is 0. The maximum Gasteiger partial charge on any atom is 0.305 e. The summed E-state index contributed by atoms with van der Waals surface area (Å²) in [6, 6.07) is 3.81. The van der Waals surface area contributed by atoms with Crippen LogP contribution in [0.3, 0.4) is 0 Å². The first-order valence-electron chi connectivity index (χ1n) is 6.76. The Hall–Kier alpha value is -0.880. The van der Waals surface area contributed by atoms with E-state index in [2.05, 4.69) is 27.3 Å². The van der Waals surface area contributed by atoms with Crippen molar-refractivity contribution in [2.24, 2.45) is 0 Å². The van der Waals surface area contributed by atoms with Crippen molar-refractivity contribution in [1.29, 1.82) is 0 Å². The van der Waals surface area contributed by atoms with Crippen LogP contribution in [-0.2, 0) is 16.0 Å². The number of carbonyl (C=O) groups is 2. The third kappa shape index (κ3) is 7.05. The molecule has 0 aliphatic heterocycles. The first-order valence-corrected chi connectivity index (χ1v) is 8.37. The minimum atomic E-state index is -0.868. The van der Waals surface area contributed by atoms with Crippen molar-refractivity contribution in [3.05, 3.63) is 20.8 Å². The summed E-state index contributed by atoms with van der Waals surface area (Å²) in [6.45, 7) is 1.98. The van der Waals surface area contributed by atoms with Gasteiger partial charge >= 0.3 is 5.97 Å². The summed E-state index contributed by atoms with van der Waals surface area (Å²) in [4.78, 5) is 23.8. The van der Waals surface area contributed by atoms with Crippen LogP contribution in [0.5, 0.6) is 0 Å². The molecule has 0 saturated carbocycles. The number of aliphatic carboxylic acids is 1. The van der Waals surface area contributed by atoms with Crippen LogP contribution in [0.25, 0.3) is 0 Å². The Morgan fingerprint density at radius 3 is 2.75 bits per heavy atom. The summed E-state index contributed by atoms with van der Waals surface area (Å²) in [6.07, 6.45) is 3.66. The van der Waals surface area contributed by atoms with E-state index in [1.54, 1.807) is 11.3 Å². The number of thiophene rings is 1. The van der Waals surface area contributed by atoms with Gasteiger partial charge in [0.2, 0.25) is 5.91 Å². The van der Waals surface area contributed by atoms with Gasteiger partial charge in [0.1, 0.15) is 0 Å².